The Morgan fingerprint density at radius 2 is 2.17 bits per heavy atom. The van der Waals surface area contributed by atoms with Gasteiger partial charge in [-0.1, -0.05) is 12.1 Å². The Balaban J connectivity index is 1.92. The predicted octanol–water partition coefficient (Wildman–Crippen LogP) is 2.55. The maximum Gasteiger partial charge on any atom is 0.251 e. The third-order valence-corrected chi connectivity index (χ3v) is 3.90. The van der Waals surface area contributed by atoms with Crippen molar-refractivity contribution >= 4 is 17.7 Å². The van der Waals surface area contributed by atoms with E-state index in [-0.39, 0.29) is 12.0 Å². The van der Waals surface area contributed by atoms with Gasteiger partial charge in [-0.05, 0) is 36.8 Å². The van der Waals surface area contributed by atoms with E-state index in [1.807, 2.05) is 7.05 Å². The molecule has 2 rings (SSSR count). The monoisotopic (exact) mass is 265 g/mol. The Morgan fingerprint density at radius 3 is 2.72 bits per heavy atom. The van der Waals surface area contributed by atoms with Crippen LogP contribution in [0.25, 0.3) is 0 Å². The van der Waals surface area contributed by atoms with Gasteiger partial charge in [0.2, 0.25) is 0 Å². The van der Waals surface area contributed by atoms with E-state index >= 15 is 0 Å². The van der Waals surface area contributed by atoms with Crippen molar-refractivity contribution in [1.82, 2.24) is 4.90 Å². The molecule has 0 aliphatic carbocycles. The second-order valence-electron chi connectivity index (χ2n) is 4.54. The van der Waals surface area contributed by atoms with Gasteiger partial charge < -0.3 is 9.64 Å². The molecule has 0 bridgehead atoms. The molecule has 18 heavy (non-hydrogen) atoms. The van der Waals surface area contributed by atoms with Crippen molar-refractivity contribution in [3.8, 4) is 0 Å². The van der Waals surface area contributed by atoms with E-state index in [2.05, 4.69) is 30.5 Å². The average Bonchev–Trinajstić information content (AvgIpc) is 2.92. The molecule has 98 valence electrons. The second-order valence-corrected chi connectivity index (χ2v) is 5.42. The fourth-order valence-corrected chi connectivity index (χ4v) is 2.51. The summed E-state index contributed by atoms with van der Waals surface area (Å²) in [7, 11) is 1.84. The summed E-state index contributed by atoms with van der Waals surface area (Å²) in [6, 6.07) is 8.32. The van der Waals surface area contributed by atoms with Crippen LogP contribution in [-0.4, -0.2) is 36.8 Å². The third kappa shape index (κ3) is 3.27. The quantitative estimate of drug-likeness (QED) is 0.784. The van der Waals surface area contributed by atoms with Crippen molar-refractivity contribution in [3.63, 3.8) is 0 Å². The SMILES string of the molecule is CSc1ccc(CN(C)C(=O)[C@@H]2CCCO2)cc1. The van der Waals surface area contributed by atoms with Crippen LogP contribution in [0.4, 0.5) is 0 Å². The minimum absolute atomic E-state index is 0.0986. The molecule has 1 amide bonds. The normalized spacial score (nSPS) is 18.9. The molecule has 0 aromatic heterocycles. The van der Waals surface area contributed by atoms with E-state index in [9.17, 15) is 4.79 Å². The summed E-state index contributed by atoms with van der Waals surface area (Å²) in [6.45, 7) is 1.36. The molecule has 0 spiro atoms. The lowest BCUT2D eigenvalue weighted by molar-refractivity contribution is -0.140. The Morgan fingerprint density at radius 1 is 1.44 bits per heavy atom. The van der Waals surface area contributed by atoms with Crippen LogP contribution in [0.15, 0.2) is 29.2 Å². The van der Waals surface area contributed by atoms with Gasteiger partial charge in [0.25, 0.3) is 5.91 Å². The maximum absolute atomic E-state index is 12.1. The van der Waals surface area contributed by atoms with Gasteiger partial charge in [-0.15, -0.1) is 11.8 Å². The smallest absolute Gasteiger partial charge is 0.251 e. The molecule has 0 unspecified atom stereocenters. The molecule has 1 heterocycles. The third-order valence-electron chi connectivity index (χ3n) is 3.16. The largest absolute Gasteiger partial charge is 0.368 e. The van der Waals surface area contributed by atoms with Gasteiger partial charge in [0.05, 0.1) is 0 Å². The van der Waals surface area contributed by atoms with Crippen LogP contribution in [0.5, 0.6) is 0 Å². The van der Waals surface area contributed by atoms with Crippen LogP contribution < -0.4 is 0 Å². The zero-order valence-electron chi connectivity index (χ0n) is 10.9. The van der Waals surface area contributed by atoms with Gasteiger partial charge in [-0.25, -0.2) is 0 Å². The molecule has 1 atom stereocenters. The molecule has 3 nitrogen and oxygen atoms in total. The Hall–Kier alpha value is -1.00. The van der Waals surface area contributed by atoms with E-state index < -0.39 is 0 Å². The first-order chi connectivity index (χ1) is 8.70. The second kappa shape index (κ2) is 6.25. The zero-order chi connectivity index (χ0) is 13.0. The minimum Gasteiger partial charge on any atom is -0.368 e. The fourth-order valence-electron chi connectivity index (χ4n) is 2.10. The van der Waals surface area contributed by atoms with Gasteiger partial charge >= 0.3 is 0 Å². The van der Waals surface area contributed by atoms with Crippen LogP contribution in [0.1, 0.15) is 18.4 Å². The lowest BCUT2D eigenvalue weighted by atomic mass is 10.2. The van der Waals surface area contributed by atoms with Crippen LogP contribution >= 0.6 is 11.8 Å². The number of ether oxygens (including phenoxy) is 1. The lowest BCUT2D eigenvalue weighted by Gasteiger charge is -2.20. The molecule has 1 aliphatic heterocycles. The van der Waals surface area contributed by atoms with Crippen molar-refractivity contribution in [1.29, 1.82) is 0 Å². The maximum atomic E-state index is 12.1. The number of hydrogen-bond donors (Lipinski definition) is 0. The summed E-state index contributed by atoms with van der Waals surface area (Å²) in [6.07, 6.45) is 3.68. The van der Waals surface area contributed by atoms with Gasteiger partial charge in [0.15, 0.2) is 0 Å². The molecule has 1 aromatic carbocycles. The molecule has 1 aliphatic rings. The first-order valence-corrected chi connectivity index (χ1v) is 7.42. The van der Waals surface area contributed by atoms with Crippen molar-refractivity contribution in [2.24, 2.45) is 0 Å². The predicted molar refractivity (Wildman–Crippen MR) is 73.7 cm³/mol. The molecule has 4 heteroatoms. The highest BCUT2D eigenvalue weighted by atomic mass is 32.2. The van der Waals surface area contributed by atoms with Gasteiger partial charge in [-0.3, -0.25) is 4.79 Å². The number of carbonyl (C=O) groups excluding carboxylic acids is 1. The summed E-state index contributed by atoms with van der Waals surface area (Å²) in [5, 5.41) is 0. The Bertz CT molecular complexity index is 399. The standard InChI is InChI=1S/C14H19NO2S/c1-15(14(16)13-4-3-9-17-13)10-11-5-7-12(18-2)8-6-11/h5-8,13H,3-4,9-10H2,1-2H3/t13-/m0/s1. The molecule has 1 saturated heterocycles. The molecular formula is C14H19NO2S. The molecule has 0 N–H and O–H groups in total. The molecule has 0 saturated carbocycles. The zero-order valence-corrected chi connectivity index (χ0v) is 11.7. The van der Waals surface area contributed by atoms with Crippen molar-refractivity contribution in [2.75, 3.05) is 19.9 Å². The lowest BCUT2D eigenvalue weighted by Crippen LogP contribution is -2.35. The number of carbonyl (C=O) groups is 1. The van der Waals surface area contributed by atoms with Crippen LogP contribution in [-0.2, 0) is 16.1 Å². The number of hydrogen-bond acceptors (Lipinski definition) is 3. The summed E-state index contributed by atoms with van der Waals surface area (Å²) in [4.78, 5) is 15.1. The molecular weight excluding hydrogens is 246 g/mol. The summed E-state index contributed by atoms with van der Waals surface area (Å²) in [5.41, 5.74) is 1.15. The van der Waals surface area contributed by atoms with Crippen molar-refractivity contribution in [2.45, 2.75) is 30.4 Å². The average molecular weight is 265 g/mol. The number of likely N-dealkylation sites (N-methyl/N-ethyl adjacent to an activating group) is 1. The first-order valence-electron chi connectivity index (χ1n) is 6.20. The summed E-state index contributed by atoms with van der Waals surface area (Å²) >= 11 is 1.72. The van der Waals surface area contributed by atoms with Gasteiger partial charge in [-0.2, -0.15) is 0 Å². The minimum atomic E-state index is -0.222. The highest BCUT2D eigenvalue weighted by Crippen LogP contribution is 2.18. The number of benzene rings is 1. The number of thioether (sulfide) groups is 1. The summed E-state index contributed by atoms with van der Waals surface area (Å²) in [5.74, 6) is 0.0986. The number of nitrogens with zero attached hydrogens (tertiary/aromatic N) is 1. The van der Waals surface area contributed by atoms with Crippen molar-refractivity contribution in [3.05, 3.63) is 29.8 Å². The van der Waals surface area contributed by atoms with Crippen molar-refractivity contribution < 1.29 is 9.53 Å². The van der Waals surface area contributed by atoms with E-state index in [0.717, 1.165) is 18.4 Å². The van der Waals surface area contributed by atoms with Gasteiger partial charge in [0.1, 0.15) is 6.10 Å². The highest BCUT2D eigenvalue weighted by Gasteiger charge is 2.26. The van der Waals surface area contributed by atoms with Crippen LogP contribution in [0.2, 0.25) is 0 Å². The van der Waals surface area contributed by atoms with Gasteiger partial charge in [0, 0.05) is 25.1 Å². The molecule has 1 fully saturated rings. The van der Waals surface area contributed by atoms with E-state index in [1.54, 1.807) is 16.7 Å². The van der Waals surface area contributed by atoms with E-state index in [1.165, 1.54) is 4.90 Å². The number of rotatable bonds is 4. The van der Waals surface area contributed by atoms with E-state index in [4.69, 9.17) is 4.74 Å². The molecule has 0 radical (unpaired) electrons. The highest BCUT2D eigenvalue weighted by molar-refractivity contribution is 7.98. The van der Waals surface area contributed by atoms with E-state index in [0.29, 0.717) is 13.2 Å². The first kappa shape index (κ1) is 13.4. The molecule has 1 aromatic rings. The topological polar surface area (TPSA) is 29.5 Å². The fraction of sp³-hybridized carbons (Fsp3) is 0.500. The Labute approximate surface area is 113 Å². The van der Waals surface area contributed by atoms with Crippen LogP contribution in [0.3, 0.4) is 0 Å². The van der Waals surface area contributed by atoms with Crippen LogP contribution in [0, 0.1) is 0 Å². The Kier molecular flexibility index (Phi) is 4.66. The summed E-state index contributed by atoms with van der Waals surface area (Å²) < 4.78 is 5.42. The number of amides is 1.